The van der Waals surface area contributed by atoms with Gasteiger partial charge in [-0.1, -0.05) is 153 Å². The second-order valence-corrected chi connectivity index (χ2v) is 11.1. The number of hydrogen-bond acceptors (Lipinski definition) is 0. The van der Waals surface area contributed by atoms with Crippen molar-refractivity contribution in [2.24, 2.45) is 0 Å². The van der Waals surface area contributed by atoms with Crippen LogP contribution in [0.25, 0.3) is 71.3 Å². The van der Waals surface area contributed by atoms with Crippen LogP contribution in [0, 0.1) is 0 Å². The maximum absolute atomic E-state index is 2.35. The van der Waals surface area contributed by atoms with Crippen molar-refractivity contribution in [3.63, 3.8) is 0 Å². The van der Waals surface area contributed by atoms with Crippen LogP contribution in [0.3, 0.4) is 0 Å². The van der Waals surface area contributed by atoms with Gasteiger partial charge in [-0.05, 0) is 102 Å². The van der Waals surface area contributed by atoms with Gasteiger partial charge in [0.05, 0.1) is 0 Å². The van der Waals surface area contributed by atoms with Gasteiger partial charge in [0.15, 0.2) is 0 Å². The molecule has 0 aromatic heterocycles. The quantitative estimate of drug-likeness (QED) is 0.143. The van der Waals surface area contributed by atoms with Crippen LogP contribution in [-0.2, 0) is 0 Å². The van der Waals surface area contributed by atoms with E-state index < -0.39 is 0 Å². The van der Waals surface area contributed by atoms with Crippen molar-refractivity contribution in [1.29, 1.82) is 0 Å². The van der Waals surface area contributed by atoms with Gasteiger partial charge in [-0.15, -0.1) is 0 Å². The van der Waals surface area contributed by atoms with E-state index in [1.165, 1.54) is 76.8 Å². The Hall–Kier alpha value is -5.20. The molecule has 7 rings (SSSR count). The van der Waals surface area contributed by atoms with Crippen LogP contribution in [0.5, 0.6) is 0 Å². The fourth-order valence-electron chi connectivity index (χ4n) is 6.41. The van der Waals surface area contributed by atoms with Gasteiger partial charge in [0.2, 0.25) is 0 Å². The summed E-state index contributed by atoms with van der Waals surface area (Å²) in [5.41, 5.74) is 10.0. The zero-order valence-corrected chi connectivity index (χ0v) is 24.7. The number of hydrogen-bond donors (Lipinski definition) is 0. The molecule has 0 aliphatic heterocycles. The minimum Gasteiger partial charge on any atom is -0.0842 e. The molecule has 0 aliphatic rings. The van der Waals surface area contributed by atoms with E-state index in [4.69, 9.17) is 0 Å². The highest BCUT2D eigenvalue weighted by molar-refractivity contribution is 6.21. The lowest BCUT2D eigenvalue weighted by atomic mass is 9.85. The van der Waals surface area contributed by atoms with E-state index >= 15 is 0 Å². The van der Waals surface area contributed by atoms with Gasteiger partial charge in [-0.2, -0.15) is 0 Å². The number of allylic oxidation sites excluding steroid dienone is 4. The monoisotopic (exact) mass is 550 g/mol. The Morgan fingerprint density at radius 1 is 0.488 bits per heavy atom. The molecule has 0 N–H and O–H groups in total. The summed E-state index contributed by atoms with van der Waals surface area (Å²) in [6.45, 7) is 4.27. The zero-order valence-electron chi connectivity index (χ0n) is 24.7. The number of benzene rings is 7. The molecule has 43 heavy (non-hydrogen) atoms. The fourth-order valence-corrected chi connectivity index (χ4v) is 6.41. The second-order valence-electron chi connectivity index (χ2n) is 11.1. The Kier molecular flexibility index (Phi) is 7.19. The summed E-state index contributed by atoms with van der Waals surface area (Å²) in [7, 11) is 0. The Morgan fingerprint density at radius 3 is 1.63 bits per heavy atom. The smallest absolute Gasteiger partial charge is 0.00262 e. The Morgan fingerprint density at radius 2 is 1.02 bits per heavy atom. The Balaban J connectivity index is 1.40. The van der Waals surface area contributed by atoms with E-state index in [0.717, 1.165) is 6.42 Å². The van der Waals surface area contributed by atoms with E-state index in [-0.39, 0.29) is 0 Å². The van der Waals surface area contributed by atoms with Crippen molar-refractivity contribution in [3.05, 3.63) is 163 Å². The molecule has 0 amide bonds. The van der Waals surface area contributed by atoms with Gasteiger partial charge in [0.1, 0.15) is 0 Å². The number of fused-ring (bicyclic) bond motifs is 3. The highest BCUT2D eigenvalue weighted by Crippen LogP contribution is 2.44. The molecule has 7 aromatic rings. The van der Waals surface area contributed by atoms with Gasteiger partial charge < -0.3 is 0 Å². The first-order valence-corrected chi connectivity index (χ1v) is 15.2. The summed E-state index contributed by atoms with van der Waals surface area (Å²) in [6.07, 6.45) is 7.65. The van der Waals surface area contributed by atoms with Crippen LogP contribution in [0.2, 0.25) is 0 Å². The lowest BCUT2D eigenvalue weighted by Gasteiger charge is -2.18. The third kappa shape index (κ3) is 4.96. The van der Waals surface area contributed by atoms with Crippen LogP contribution in [0.4, 0.5) is 0 Å². The molecule has 0 unspecified atom stereocenters. The van der Waals surface area contributed by atoms with Crippen molar-refractivity contribution >= 4 is 37.9 Å². The van der Waals surface area contributed by atoms with Crippen LogP contribution < -0.4 is 0 Å². The molecule has 7 aromatic carbocycles. The highest BCUT2D eigenvalue weighted by atomic mass is 14.2. The summed E-state index contributed by atoms with van der Waals surface area (Å²) in [6, 6.07) is 51.3. The van der Waals surface area contributed by atoms with E-state index in [0.29, 0.717) is 0 Å². The normalized spacial score (nSPS) is 12.1. The maximum atomic E-state index is 2.35. The van der Waals surface area contributed by atoms with E-state index in [2.05, 4.69) is 172 Å². The molecular formula is C43H34. The van der Waals surface area contributed by atoms with Crippen LogP contribution in [0.1, 0.15) is 25.8 Å². The molecule has 0 bridgehead atoms. The molecule has 0 heteroatoms. The standard InChI is InChI=1S/C43H34/c1-3-5-13-30(4-2)32-22-24-33(25-23-32)35-16-12-17-36(28-35)42-38-18-8-10-20-40(38)43(41-21-11-9-19-39(41)42)37-27-26-31-14-6-7-15-34(31)29-37/h4-29H,3H2,1-2H3/b13-5-,30-4+. The molecule has 0 aliphatic carbocycles. The summed E-state index contributed by atoms with van der Waals surface area (Å²) < 4.78 is 0. The average molecular weight is 551 g/mol. The van der Waals surface area contributed by atoms with Crippen molar-refractivity contribution in [2.45, 2.75) is 20.3 Å². The third-order valence-corrected chi connectivity index (χ3v) is 8.52. The molecule has 0 fully saturated rings. The molecule has 0 nitrogen and oxygen atoms in total. The lowest BCUT2D eigenvalue weighted by molar-refractivity contribution is 1.22. The highest BCUT2D eigenvalue weighted by Gasteiger charge is 2.17. The molecule has 206 valence electrons. The summed E-state index contributed by atoms with van der Waals surface area (Å²) in [4.78, 5) is 0. The fraction of sp³-hybridized carbons (Fsp3) is 0.0698. The third-order valence-electron chi connectivity index (χ3n) is 8.52. The van der Waals surface area contributed by atoms with E-state index in [9.17, 15) is 0 Å². The minimum absolute atomic E-state index is 1.04. The SMILES string of the molecule is C/C=C(\C=C/CC)c1ccc(-c2cccc(-c3c4ccccc4c(-c4ccc5ccccc5c4)c4ccccc34)c2)cc1. The van der Waals surface area contributed by atoms with Crippen molar-refractivity contribution in [3.8, 4) is 33.4 Å². The summed E-state index contributed by atoms with van der Waals surface area (Å²) in [5.74, 6) is 0. The predicted molar refractivity (Wildman–Crippen MR) is 188 cm³/mol. The van der Waals surface area contributed by atoms with E-state index in [1.54, 1.807) is 0 Å². The van der Waals surface area contributed by atoms with Crippen LogP contribution >= 0.6 is 0 Å². The topological polar surface area (TPSA) is 0 Å². The summed E-state index contributed by atoms with van der Waals surface area (Å²) in [5, 5.41) is 7.63. The predicted octanol–water partition coefficient (Wildman–Crippen LogP) is 12.5. The first-order valence-electron chi connectivity index (χ1n) is 15.2. The molecule has 0 radical (unpaired) electrons. The second kappa shape index (κ2) is 11.6. The van der Waals surface area contributed by atoms with Gasteiger partial charge in [-0.25, -0.2) is 0 Å². The van der Waals surface area contributed by atoms with Crippen LogP contribution in [0.15, 0.2) is 158 Å². The van der Waals surface area contributed by atoms with Crippen molar-refractivity contribution in [2.75, 3.05) is 0 Å². The van der Waals surface area contributed by atoms with Gasteiger partial charge in [-0.3, -0.25) is 0 Å². The maximum Gasteiger partial charge on any atom is -0.00262 e. The molecule has 0 heterocycles. The largest absolute Gasteiger partial charge is 0.0842 e. The molecular weight excluding hydrogens is 516 g/mol. The zero-order chi connectivity index (χ0) is 29.2. The Labute approximate surface area is 254 Å². The minimum atomic E-state index is 1.04. The lowest BCUT2D eigenvalue weighted by Crippen LogP contribution is -1.91. The van der Waals surface area contributed by atoms with Gasteiger partial charge in [0, 0.05) is 0 Å². The molecule has 0 saturated heterocycles. The summed E-state index contributed by atoms with van der Waals surface area (Å²) >= 11 is 0. The van der Waals surface area contributed by atoms with Crippen molar-refractivity contribution in [1.82, 2.24) is 0 Å². The molecule has 0 saturated carbocycles. The van der Waals surface area contributed by atoms with Gasteiger partial charge >= 0.3 is 0 Å². The van der Waals surface area contributed by atoms with Gasteiger partial charge in [0.25, 0.3) is 0 Å². The van der Waals surface area contributed by atoms with E-state index in [1.807, 2.05) is 0 Å². The Bertz CT molecular complexity index is 2100. The van der Waals surface area contributed by atoms with Crippen LogP contribution in [-0.4, -0.2) is 0 Å². The number of rotatable bonds is 6. The average Bonchev–Trinajstić information content (AvgIpc) is 3.07. The first kappa shape index (κ1) is 26.7. The molecule has 0 spiro atoms. The first-order chi connectivity index (χ1) is 21.2. The van der Waals surface area contributed by atoms with Crippen molar-refractivity contribution < 1.29 is 0 Å². The molecule has 0 atom stereocenters.